The fraction of sp³-hybridized carbons (Fsp3) is 0.0714. The molecular weight excluding hydrogens is 552 g/mol. The molecule has 0 unspecified atom stereocenters. The smallest absolute Gasteiger partial charge is 0.0598 e. The number of pyridine rings is 2. The average molecular weight is 574 g/mol. The monoisotopic (exact) mass is 572 g/mol. The summed E-state index contributed by atoms with van der Waals surface area (Å²) in [5, 5.41) is 1.21. The van der Waals surface area contributed by atoms with Crippen molar-refractivity contribution in [1.82, 2.24) is 15.0 Å². The Balaban J connectivity index is 0.000000161. The number of aryl methyl sites for hydroxylation is 2. The van der Waals surface area contributed by atoms with Crippen molar-refractivity contribution in [3.05, 3.63) is 112 Å². The van der Waals surface area contributed by atoms with Gasteiger partial charge in [-0.25, -0.2) is 0 Å². The minimum absolute atomic E-state index is 0.952. The van der Waals surface area contributed by atoms with Crippen molar-refractivity contribution in [2.45, 2.75) is 13.8 Å². The van der Waals surface area contributed by atoms with Gasteiger partial charge in [-0.1, -0.05) is 39.9 Å². The Kier molecular flexibility index (Phi) is 7.79. The molecule has 0 radical (unpaired) electrons. The van der Waals surface area contributed by atoms with E-state index in [1.807, 2.05) is 61.8 Å². The number of rotatable bonds is 2. The summed E-state index contributed by atoms with van der Waals surface area (Å²) < 4.78 is 4.04. The number of hydrogen-bond acceptors (Lipinski definition) is 3. The molecule has 5 rings (SSSR count). The van der Waals surface area contributed by atoms with Gasteiger partial charge in [-0.3, -0.25) is 9.97 Å². The zero-order valence-electron chi connectivity index (χ0n) is 18.7. The summed E-state index contributed by atoms with van der Waals surface area (Å²) in [6.45, 7) is 4.12. The zero-order chi connectivity index (χ0) is 23.9. The minimum Gasteiger partial charge on any atom is -0.354 e. The highest BCUT2D eigenvalue weighted by atomic mass is 79.9. The van der Waals surface area contributed by atoms with Gasteiger partial charge in [0, 0.05) is 78.7 Å². The van der Waals surface area contributed by atoms with Crippen molar-refractivity contribution in [3.8, 4) is 23.1 Å². The fourth-order valence-corrected chi connectivity index (χ4v) is 4.12. The summed E-state index contributed by atoms with van der Waals surface area (Å²) >= 11 is 6.71. The number of fused-ring (bicyclic) bond motifs is 1. The van der Waals surface area contributed by atoms with E-state index in [0.29, 0.717) is 0 Å². The van der Waals surface area contributed by atoms with Gasteiger partial charge in [0.2, 0.25) is 0 Å². The van der Waals surface area contributed by atoms with E-state index in [1.54, 1.807) is 12.4 Å². The minimum atomic E-state index is 0.952. The first-order valence-electron chi connectivity index (χ1n) is 10.6. The number of H-pyrrole nitrogens is 1. The number of para-hydroxylation sites is 1. The topological polar surface area (TPSA) is 53.6 Å². The maximum atomic E-state index is 4.18. The standard InChI is InChI=1S/2C14H11BrN2/c1-9-4-5-16-8-12(9)14-7-10-6-11(15)2-3-13(10)17-14;1-11-8-9-16-10-13(11)7-6-12-4-2-3-5-14(12)17-15/h2-8,17H,1H3;2-5,8-10,17H,1H3. The van der Waals surface area contributed by atoms with E-state index in [2.05, 4.69) is 88.3 Å². The molecule has 2 aromatic carbocycles. The summed E-state index contributed by atoms with van der Waals surface area (Å²) in [6, 6.07) is 20.2. The number of aromatic amines is 1. The predicted octanol–water partition coefficient (Wildman–Crippen LogP) is 7.81. The lowest BCUT2D eigenvalue weighted by atomic mass is 10.1. The molecule has 0 saturated heterocycles. The molecule has 6 heteroatoms. The van der Waals surface area contributed by atoms with Gasteiger partial charge in [0.25, 0.3) is 0 Å². The number of benzene rings is 2. The van der Waals surface area contributed by atoms with Crippen LogP contribution < -0.4 is 4.34 Å². The Hall–Kier alpha value is -3.40. The van der Waals surface area contributed by atoms with Crippen LogP contribution in [0.25, 0.3) is 22.2 Å². The van der Waals surface area contributed by atoms with Crippen molar-refractivity contribution >= 4 is 48.7 Å². The third-order valence-corrected chi connectivity index (χ3v) is 6.23. The lowest BCUT2D eigenvalue weighted by Gasteiger charge is -2.00. The predicted molar refractivity (Wildman–Crippen MR) is 148 cm³/mol. The Morgan fingerprint density at radius 1 is 0.824 bits per heavy atom. The molecule has 3 heterocycles. The van der Waals surface area contributed by atoms with E-state index in [-0.39, 0.29) is 0 Å². The SMILES string of the molecule is Cc1ccncc1-c1cc2cc(Br)ccc2[nH]1.Cc1ccncc1C#Cc1ccccc1NBr. The molecule has 5 aromatic rings. The summed E-state index contributed by atoms with van der Waals surface area (Å²) in [5.41, 5.74) is 8.64. The van der Waals surface area contributed by atoms with Crippen LogP contribution in [0, 0.1) is 25.7 Å². The third kappa shape index (κ3) is 5.74. The van der Waals surface area contributed by atoms with E-state index in [0.717, 1.165) is 43.6 Å². The van der Waals surface area contributed by atoms with Gasteiger partial charge >= 0.3 is 0 Å². The van der Waals surface area contributed by atoms with Crippen molar-refractivity contribution in [2.75, 3.05) is 4.34 Å². The molecule has 0 fully saturated rings. The first kappa shape index (κ1) is 23.7. The molecule has 0 aliphatic heterocycles. The van der Waals surface area contributed by atoms with Crippen LogP contribution in [0.15, 0.2) is 89.9 Å². The number of nitrogens with one attached hydrogen (secondary N) is 2. The lowest BCUT2D eigenvalue weighted by molar-refractivity contribution is 1.27. The molecule has 0 aliphatic rings. The van der Waals surface area contributed by atoms with Gasteiger partial charge in [-0.15, -0.1) is 0 Å². The van der Waals surface area contributed by atoms with Crippen LogP contribution in [0.2, 0.25) is 0 Å². The highest BCUT2D eigenvalue weighted by molar-refractivity contribution is 9.10. The van der Waals surface area contributed by atoms with E-state index in [9.17, 15) is 0 Å². The van der Waals surface area contributed by atoms with Gasteiger partial charge in [0.1, 0.15) is 0 Å². The lowest BCUT2D eigenvalue weighted by Crippen LogP contribution is -1.86. The van der Waals surface area contributed by atoms with Gasteiger partial charge < -0.3 is 9.33 Å². The molecule has 0 saturated carbocycles. The first-order valence-corrected chi connectivity index (χ1v) is 12.2. The summed E-state index contributed by atoms with van der Waals surface area (Å²) in [7, 11) is 0. The van der Waals surface area contributed by atoms with Crippen LogP contribution >= 0.6 is 32.1 Å². The summed E-state index contributed by atoms with van der Waals surface area (Å²) in [4.78, 5) is 11.7. The highest BCUT2D eigenvalue weighted by Gasteiger charge is 2.06. The number of anilines is 1. The first-order chi connectivity index (χ1) is 16.5. The molecule has 168 valence electrons. The Bertz CT molecular complexity index is 1500. The second-order valence-electron chi connectivity index (χ2n) is 7.69. The Labute approximate surface area is 216 Å². The Morgan fingerprint density at radius 2 is 1.56 bits per heavy atom. The zero-order valence-corrected chi connectivity index (χ0v) is 21.9. The number of halogens is 2. The van der Waals surface area contributed by atoms with Gasteiger partial charge in [0.15, 0.2) is 0 Å². The number of hydrogen-bond donors (Lipinski definition) is 2. The molecular formula is C28H22Br2N4. The summed E-state index contributed by atoms with van der Waals surface area (Å²) in [5.74, 6) is 6.27. The molecule has 2 N–H and O–H groups in total. The molecule has 0 spiro atoms. The molecule has 4 nitrogen and oxygen atoms in total. The van der Waals surface area contributed by atoms with Crippen molar-refractivity contribution < 1.29 is 0 Å². The van der Waals surface area contributed by atoms with Crippen molar-refractivity contribution in [2.24, 2.45) is 0 Å². The van der Waals surface area contributed by atoms with E-state index >= 15 is 0 Å². The van der Waals surface area contributed by atoms with Crippen molar-refractivity contribution in [1.29, 1.82) is 0 Å². The quantitative estimate of drug-likeness (QED) is 0.167. The highest BCUT2D eigenvalue weighted by Crippen LogP contribution is 2.27. The van der Waals surface area contributed by atoms with Crippen LogP contribution in [-0.4, -0.2) is 15.0 Å². The second-order valence-corrected chi connectivity index (χ2v) is 9.00. The van der Waals surface area contributed by atoms with Crippen LogP contribution in [0.4, 0.5) is 5.69 Å². The Morgan fingerprint density at radius 3 is 2.32 bits per heavy atom. The molecule has 3 aromatic heterocycles. The maximum absolute atomic E-state index is 4.18. The van der Waals surface area contributed by atoms with Crippen molar-refractivity contribution in [3.63, 3.8) is 0 Å². The number of nitrogens with zero attached hydrogens (tertiary/aromatic N) is 2. The van der Waals surface area contributed by atoms with E-state index in [4.69, 9.17) is 0 Å². The third-order valence-electron chi connectivity index (χ3n) is 5.31. The van der Waals surface area contributed by atoms with Gasteiger partial charge in [-0.2, -0.15) is 0 Å². The van der Waals surface area contributed by atoms with Gasteiger partial charge in [-0.05, 0) is 73.5 Å². The largest absolute Gasteiger partial charge is 0.354 e. The molecule has 0 bridgehead atoms. The van der Waals surface area contributed by atoms with Crippen LogP contribution in [0.1, 0.15) is 22.3 Å². The van der Waals surface area contributed by atoms with E-state index in [1.165, 1.54) is 10.9 Å². The number of aromatic nitrogens is 3. The van der Waals surface area contributed by atoms with Crippen LogP contribution in [0.5, 0.6) is 0 Å². The van der Waals surface area contributed by atoms with E-state index < -0.39 is 0 Å². The van der Waals surface area contributed by atoms with Crippen LogP contribution in [0.3, 0.4) is 0 Å². The molecule has 0 aliphatic carbocycles. The average Bonchev–Trinajstić information content (AvgIpc) is 3.27. The maximum Gasteiger partial charge on any atom is 0.0598 e. The summed E-state index contributed by atoms with van der Waals surface area (Å²) in [6.07, 6.45) is 7.27. The van der Waals surface area contributed by atoms with Crippen LogP contribution in [-0.2, 0) is 0 Å². The molecule has 0 amide bonds. The normalized spacial score (nSPS) is 10.1. The fourth-order valence-electron chi connectivity index (χ4n) is 3.40. The van der Waals surface area contributed by atoms with Gasteiger partial charge in [0.05, 0.1) is 5.69 Å². The second kappa shape index (κ2) is 11.1. The molecule has 34 heavy (non-hydrogen) atoms. The molecule has 0 atom stereocenters.